The molecular formula is C15H10Br2NO2-. The fourth-order valence-corrected chi connectivity index (χ4v) is 2.53. The van der Waals surface area contributed by atoms with Gasteiger partial charge in [0.2, 0.25) is 0 Å². The molecule has 0 spiro atoms. The van der Waals surface area contributed by atoms with Crippen LogP contribution in [0.4, 0.5) is 5.69 Å². The van der Waals surface area contributed by atoms with E-state index in [9.17, 15) is 9.59 Å². The molecule has 0 saturated carbocycles. The fraction of sp³-hybridized carbons (Fsp3) is 0.0667. The Morgan fingerprint density at radius 1 is 0.850 bits per heavy atom. The molecule has 2 aromatic carbocycles. The second kappa shape index (κ2) is 5.89. The third-order valence-corrected chi connectivity index (χ3v) is 3.79. The largest absolute Gasteiger partial charge is 1.00 e. The van der Waals surface area contributed by atoms with Gasteiger partial charge in [-0.3, -0.25) is 9.59 Å². The smallest absolute Gasteiger partial charge is 0.266 e. The first-order valence-electron chi connectivity index (χ1n) is 5.85. The van der Waals surface area contributed by atoms with Crippen molar-refractivity contribution in [1.82, 2.24) is 0 Å². The van der Waals surface area contributed by atoms with Gasteiger partial charge in [-0.2, -0.15) is 0 Å². The van der Waals surface area contributed by atoms with Gasteiger partial charge in [-0.15, -0.1) is 0 Å². The van der Waals surface area contributed by atoms with Crippen molar-refractivity contribution in [3.05, 3.63) is 65.2 Å². The fourth-order valence-electron chi connectivity index (χ4n) is 2.16. The summed E-state index contributed by atoms with van der Waals surface area (Å²) in [6.45, 7) is 0. The monoisotopic (exact) mass is 394 g/mol. The number of anilines is 1. The number of imide groups is 1. The number of amides is 2. The molecule has 102 valence electrons. The quantitative estimate of drug-likeness (QED) is 0.544. The lowest BCUT2D eigenvalue weighted by atomic mass is 10.1. The van der Waals surface area contributed by atoms with Crippen molar-refractivity contribution < 1.29 is 26.6 Å². The van der Waals surface area contributed by atoms with Gasteiger partial charge in [0.1, 0.15) is 0 Å². The minimum Gasteiger partial charge on any atom is -1.00 e. The van der Waals surface area contributed by atoms with Crippen LogP contribution in [0.15, 0.2) is 48.5 Å². The van der Waals surface area contributed by atoms with E-state index >= 15 is 0 Å². The number of hydrogen-bond acceptors (Lipinski definition) is 2. The molecular weight excluding hydrogens is 386 g/mol. The summed E-state index contributed by atoms with van der Waals surface area (Å²) in [6.07, 6.45) is 0. The highest BCUT2D eigenvalue weighted by Crippen LogP contribution is 2.28. The summed E-state index contributed by atoms with van der Waals surface area (Å²) in [5.74, 6) is -0.514. The normalized spacial score (nSPS) is 13.2. The van der Waals surface area contributed by atoms with E-state index in [4.69, 9.17) is 0 Å². The topological polar surface area (TPSA) is 37.4 Å². The number of fused-ring (bicyclic) bond motifs is 1. The molecule has 20 heavy (non-hydrogen) atoms. The Balaban J connectivity index is 0.00000147. The number of halogens is 2. The Hall–Kier alpha value is -1.46. The van der Waals surface area contributed by atoms with E-state index in [1.807, 2.05) is 12.1 Å². The van der Waals surface area contributed by atoms with Crippen molar-refractivity contribution in [3.8, 4) is 0 Å². The van der Waals surface area contributed by atoms with Crippen LogP contribution in [0.3, 0.4) is 0 Å². The van der Waals surface area contributed by atoms with Crippen LogP contribution >= 0.6 is 15.9 Å². The van der Waals surface area contributed by atoms with Gasteiger partial charge >= 0.3 is 0 Å². The summed E-state index contributed by atoms with van der Waals surface area (Å²) in [5.41, 5.74) is 2.64. The van der Waals surface area contributed by atoms with Crippen molar-refractivity contribution >= 4 is 33.4 Å². The van der Waals surface area contributed by atoms with E-state index < -0.39 is 0 Å². The highest BCUT2D eigenvalue weighted by molar-refractivity contribution is 9.08. The summed E-state index contributed by atoms with van der Waals surface area (Å²) in [6, 6.07) is 14.3. The average molecular weight is 396 g/mol. The Labute approximate surface area is 135 Å². The van der Waals surface area contributed by atoms with E-state index in [0.29, 0.717) is 16.8 Å². The molecule has 2 aromatic rings. The van der Waals surface area contributed by atoms with Crippen molar-refractivity contribution in [3.63, 3.8) is 0 Å². The SMILES string of the molecule is O=C1c2ccccc2C(=O)N1c1ccc(CBr)cc1.[Br-]. The van der Waals surface area contributed by atoms with E-state index in [1.165, 1.54) is 4.90 Å². The van der Waals surface area contributed by atoms with Crippen LogP contribution in [0.1, 0.15) is 26.3 Å². The van der Waals surface area contributed by atoms with E-state index in [0.717, 1.165) is 10.9 Å². The first-order valence-corrected chi connectivity index (χ1v) is 6.97. The number of rotatable bonds is 2. The average Bonchev–Trinajstić information content (AvgIpc) is 2.72. The van der Waals surface area contributed by atoms with Crippen LogP contribution in [0.5, 0.6) is 0 Å². The molecule has 0 bridgehead atoms. The molecule has 0 atom stereocenters. The lowest BCUT2D eigenvalue weighted by Gasteiger charge is -2.14. The first kappa shape index (κ1) is 14.9. The van der Waals surface area contributed by atoms with Crippen LogP contribution in [-0.4, -0.2) is 11.8 Å². The van der Waals surface area contributed by atoms with Crippen molar-refractivity contribution in [2.75, 3.05) is 4.90 Å². The van der Waals surface area contributed by atoms with Gasteiger partial charge in [0.25, 0.3) is 11.8 Å². The van der Waals surface area contributed by atoms with Gasteiger partial charge < -0.3 is 17.0 Å². The predicted molar refractivity (Wildman–Crippen MR) is 76.7 cm³/mol. The van der Waals surface area contributed by atoms with Crippen LogP contribution in [0.2, 0.25) is 0 Å². The van der Waals surface area contributed by atoms with Crippen molar-refractivity contribution in [2.45, 2.75) is 5.33 Å². The maximum atomic E-state index is 12.3. The van der Waals surface area contributed by atoms with Crippen LogP contribution in [0.25, 0.3) is 0 Å². The molecule has 0 fully saturated rings. The van der Waals surface area contributed by atoms with Gasteiger partial charge in [-0.05, 0) is 29.8 Å². The van der Waals surface area contributed by atoms with Gasteiger partial charge in [-0.1, -0.05) is 40.2 Å². The zero-order valence-electron chi connectivity index (χ0n) is 10.3. The molecule has 3 rings (SSSR count). The number of alkyl halides is 1. The zero-order chi connectivity index (χ0) is 13.4. The Morgan fingerprint density at radius 3 is 1.80 bits per heavy atom. The van der Waals surface area contributed by atoms with E-state index in [-0.39, 0.29) is 28.8 Å². The third kappa shape index (κ3) is 2.31. The molecule has 1 heterocycles. The van der Waals surface area contributed by atoms with Crippen LogP contribution in [0, 0.1) is 0 Å². The number of carbonyl (C=O) groups is 2. The molecule has 0 N–H and O–H groups in total. The Bertz CT molecular complexity index is 633. The Kier molecular flexibility index (Phi) is 4.40. The molecule has 5 heteroatoms. The maximum Gasteiger partial charge on any atom is 0.266 e. The number of hydrogen-bond donors (Lipinski definition) is 0. The predicted octanol–water partition coefficient (Wildman–Crippen LogP) is 0.386. The molecule has 1 aliphatic heterocycles. The third-order valence-electron chi connectivity index (χ3n) is 3.14. The highest BCUT2D eigenvalue weighted by Gasteiger charge is 2.36. The summed E-state index contributed by atoms with van der Waals surface area (Å²) >= 11 is 3.37. The van der Waals surface area contributed by atoms with Gasteiger partial charge in [0.15, 0.2) is 0 Å². The number of nitrogens with zero attached hydrogens (tertiary/aromatic N) is 1. The molecule has 0 saturated heterocycles. The van der Waals surface area contributed by atoms with Gasteiger partial charge in [0, 0.05) is 5.33 Å². The summed E-state index contributed by atoms with van der Waals surface area (Å²) in [4.78, 5) is 25.7. The lowest BCUT2D eigenvalue weighted by molar-refractivity contribution is -0.0000203. The standard InChI is InChI=1S/C15H10BrNO2.BrH/c16-9-10-5-7-11(8-6-10)17-14(18)12-3-1-2-4-13(12)15(17)19;/h1-8H,9H2;1H/p-1. The number of benzene rings is 2. The molecule has 3 nitrogen and oxygen atoms in total. The lowest BCUT2D eigenvalue weighted by Crippen LogP contribution is -3.00. The second-order valence-corrected chi connectivity index (χ2v) is 4.85. The van der Waals surface area contributed by atoms with E-state index in [2.05, 4.69) is 15.9 Å². The number of carbonyl (C=O) groups excluding carboxylic acids is 2. The minimum absolute atomic E-state index is 0. The second-order valence-electron chi connectivity index (χ2n) is 4.29. The zero-order valence-corrected chi connectivity index (χ0v) is 13.5. The van der Waals surface area contributed by atoms with Gasteiger partial charge in [-0.25, -0.2) is 4.90 Å². The minimum atomic E-state index is -0.257. The molecule has 0 radical (unpaired) electrons. The molecule has 1 aliphatic rings. The Morgan fingerprint density at radius 2 is 1.35 bits per heavy atom. The maximum absolute atomic E-state index is 12.3. The summed E-state index contributed by atoms with van der Waals surface area (Å²) in [7, 11) is 0. The molecule has 0 unspecified atom stereocenters. The van der Waals surface area contributed by atoms with Crippen molar-refractivity contribution in [2.24, 2.45) is 0 Å². The molecule has 0 aromatic heterocycles. The van der Waals surface area contributed by atoms with Crippen LogP contribution < -0.4 is 21.9 Å². The molecule has 2 amide bonds. The van der Waals surface area contributed by atoms with Crippen LogP contribution in [-0.2, 0) is 5.33 Å². The first-order chi connectivity index (χ1) is 9.22. The summed E-state index contributed by atoms with van der Waals surface area (Å²) < 4.78 is 0. The summed E-state index contributed by atoms with van der Waals surface area (Å²) in [5, 5.41) is 0.745. The molecule has 0 aliphatic carbocycles. The van der Waals surface area contributed by atoms with E-state index in [1.54, 1.807) is 36.4 Å². The highest BCUT2D eigenvalue weighted by atomic mass is 79.9. The van der Waals surface area contributed by atoms with Gasteiger partial charge in [0.05, 0.1) is 16.8 Å². The van der Waals surface area contributed by atoms with Crippen molar-refractivity contribution in [1.29, 1.82) is 0 Å².